The van der Waals surface area contributed by atoms with Crippen molar-refractivity contribution in [2.75, 3.05) is 11.1 Å². The molecule has 164 valence electrons. The van der Waals surface area contributed by atoms with Crippen LogP contribution in [-0.2, 0) is 9.53 Å². The molecular formula is C21H30N4O4S. The second kappa shape index (κ2) is 9.97. The summed E-state index contributed by atoms with van der Waals surface area (Å²) in [5, 5.41) is 14.0. The number of anilines is 1. The maximum absolute atomic E-state index is 12.3. The van der Waals surface area contributed by atoms with Crippen LogP contribution in [-0.4, -0.2) is 33.6 Å². The minimum Gasteiger partial charge on any atom is -0.444 e. The number of carbonyl (C=O) groups is 2. The molecule has 1 unspecified atom stereocenters. The van der Waals surface area contributed by atoms with E-state index in [-0.39, 0.29) is 28.7 Å². The van der Waals surface area contributed by atoms with Gasteiger partial charge < -0.3 is 19.8 Å². The van der Waals surface area contributed by atoms with Gasteiger partial charge in [0.25, 0.3) is 5.22 Å². The molecule has 0 saturated heterocycles. The van der Waals surface area contributed by atoms with Gasteiger partial charge in [0, 0.05) is 5.69 Å². The van der Waals surface area contributed by atoms with Crippen molar-refractivity contribution in [3.05, 3.63) is 35.2 Å². The number of para-hydroxylation sites is 1. The van der Waals surface area contributed by atoms with Crippen LogP contribution in [0.1, 0.15) is 57.7 Å². The molecule has 0 aliphatic rings. The number of aromatic nitrogens is 2. The van der Waals surface area contributed by atoms with E-state index in [0.29, 0.717) is 0 Å². The molecule has 0 fully saturated rings. The van der Waals surface area contributed by atoms with E-state index in [0.717, 1.165) is 28.6 Å². The average molecular weight is 435 g/mol. The van der Waals surface area contributed by atoms with Crippen molar-refractivity contribution in [3.63, 3.8) is 0 Å². The van der Waals surface area contributed by atoms with E-state index >= 15 is 0 Å². The fourth-order valence-electron chi connectivity index (χ4n) is 2.67. The van der Waals surface area contributed by atoms with Gasteiger partial charge in [-0.3, -0.25) is 4.79 Å². The van der Waals surface area contributed by atoms with Gasteiger partial charge in [0.15, 0.2) is 0 Å². The molecular weight excluding hydrogens is 404 g/mol. The molecule has 0 radical (unpaired) electrons. The Kier molecular flexibility index (Phi) is 7.89. The van der Waals surface area contributed by atoms with Crippen molar-refractivity contribution in [1.29, 1.82) is 0 Å². The summed E-state index contributed by atoms with van der Waals surface area (Å²) in [4.78, 5) is 24.4. The minimum absolute atomic E-state index is 0.00291. The summed E-state index contributed by atoms with van der Waals surface area (Å²) < 4.78 is 11.0. The number of amides is 2. The number of benzene rings is 1. The summed E-state index contributed by atoms with van der Waals surface area (Å²) in [6, 6.07) is 5.35. The lowest BCUT2D eigenvalue weighted by atomic mass is 10.1. The number of aryl methyl sites for hydroxylation is 2. The van der Waals surface area contributed by atoms with Gasteiger partial charge in [-0.05, 0) is 51.7 Å². The van der Waals surface area contributed by atoms with E-state index < -0.39 is 17.7 Å². The summed E-state index contributed by atoms with van der Waals surface area (Å²) in [7, 11) is 0. The first-order valence-electron chi connectivity index (χ1n) is 9.78. The molecule has 0 bridgehead atoms. The standard InChI is InChI=1S/C21H30N4O4S/c1-12(2)16(23-19(27)29-21(5,6)7)18-24-25-20(28-18)30-11-15(26)22-17-13(3)9-8-10-14(17)4/h8-10,12,16H,11H2,1-7H3,(H,22,26)(H,23,27). The lowest BCUT2D eigenvalue weighted by molar-refractivity contribution is -0.113. The molecule has 1 heterocycles. The molecule has 1 aromatic heterocycles. The summed E-state index contributed by atoms with van der Waals surface area (Å²) in [6.45, 7) is 13.1. The molecule has 0 aliphatic heterocycles. The maximum Gasteiger partial charge on any atom is 0.408 e. The van der Waals surface area contributed by atoms with Gasteiger partial charge in [-0.25, -0.2) is 4.79 Å². The average Bonchev–Trinajstić information content (AvgIpc) is 3.08. The zero-order valence-corrected chi connectivity index (χ0v) is 19.3. The van der Waals surface area contributed by atoms with Crippen molar-refractivity contribution in [2.24, 2.45) is 5.92 Å². The van der Waals surface area contributed by atoms with Gasteiger partial charge in [-0.2, -0.15) is 0 Å². The normalized spacial score (nSPS) is 12.5. The van der Waals surface area contributed by atoms with Crippen LogP contribution in [0.5, 0.6) is 0 Å². The number of rotatable bonds is 7. The first kappa shape index (κ1) is 23.7. The van der Waals surface area contributed by atoms with Gasteiger partial charge in [0.05, 0.1) is 5.75 Å². The molecule has 1 atom stereocenters. The van der Waals surface area contributed by atoms with Crippen LogP contribution >= 0.6 is 11.8 Å². The van der Waals surface area contributed by atoms with Gasteiger partial charge in [0.1, 0.15) is 11.6 Å². The van der Waals surface area contributed by atoms with Crippen molar-refractivity contribution >= 4 is 29.4 Å². The highest BCUT2D eigenvalue weighted by atomic mass is 32.2. The van der Waals surface area contributed by atoms with Crippen LogP contribution in [0.15, 0.2) is 27.8 Å². The van der Waals surface area contributed by atoms with Crippen molar-refractivity contribution in [1.82, 2.24) is 15.5 Å². The van der Waals surface area contributed by atoms with Crippen molar-refractivity contribution in [3.8, 4) is 0 Å². The molecule has 2 aromatic rings. The van der Waals surface area contributed by atoms with Gasteiger partial charge in [-0.15, -0.1) is 10.2 Å². The lowest BCUT2D eigenvalue weighted by Gasteiger charge is -2.23. The smallest absolute Gasteiger partial charge is 0.408 e. The number of nitrogens with one attached hydrogen (secondary N) is 2. The van der Waals surface area contributed by atoms with Crippen LogP contribution < -0.4 is 10.6 Å². The fourth-order valence-corrected chi connectivity index (χ4v) is 3.24. The first-order valence-corrected chi connectivity index (χ1v) is 10.8. The number of hydrogen-bond acceptors (Lipinski definition) is 7. The fraction of sp³-hybridized carbons (Fsp3) is 0.524. The molecule has 2 N–H and O–H groups in total. The quantitative estimate of drug-likeness (QED) is 0.611. The van der Waals surface area contributed by atoms with Gasteiger partial charge in [0.2, 0.25) is 11.8 Å². The molecule has 9 heteroatoms. The Labute approximate surface area is 181 Å². The van der Waals surface area contributed by atoms with E-state index in [4.69, 9.17) is 9.15 Å². The first-order chi connectivity index (χ1) is 14.0. The molecule has 0 saturated carbocycles. The Morgan fingerprint density at radius 3 is 2.37 bits per heavy atom. The molecule has 1 aromatic carbocycles. The highest BCUT2D eigenvalue weighted by molar-refractivity contribution is 7.99. The predicted octanol–water partition coefficient (Wildman–Crippen LogP) is 4.64. The van der Waals surface area contributed by atoms with Crippen LogP contribution in [0.2, 0.25) is 0 Å². The van der Waals surface area contributed by atoms with E-state index in [1.165, 1.54) is 0 Å². The third-order valence-corrected chi connectivity index (χ3v) is 4.92. The zero-order chi connectivity index (χ0) is 22.5. The van der Waals surface area contributed by atoms with E-state index in [2.05, 4.69) is 20.8 Å². The molecule has 0 aliphatic carbocycles. The van der Waals surface area contributed by atoms with Crippen LogP contribution in [0.3, 0.4) is 0 Å². The Morgan fingerprint density at radius 2 is 1.80 bits per heavy atom. The van der Waals surface area contributed by atoms with E-state index in [9.17, 15) is 9.59 Å². The zero-order valence-electron chi connectivity index (χ0n) is 18.5. The summed E-state index contributed by atoms with van der Waals surface area (Å²) >= 11 is 1.14. The number of hydrogen-bond donors (Lipinski definition) is 2. The number of alkyl carbamates (subject to hydrolysis) is 1. The van der Waals surface area contributed by atoms with E-state index in [1.807, 2.05) is 45.9 Å². The summed E-state index contributed by atoms with van der Waals surface area (Å²) in [6.07, 6.45) is -0.554. The third kappa shape index (κ3) is 7.05. The number of nitrogens with zero attached hydrogens (tertiary/aromatic N) is 2. The predicted molar refractivity (Wildman–Crippen MR) is 117 cm³/mol. The third-order valence-electron chi connectivity index (χ3n) is 4.10. The SMILES string of the molecule is Cc1cccc(C)c1NC(=O)CSc1nnc(C(NC(=O)OC(C)(C)C)C(C)C)o1. The van der Waals surface area contributed by atoms with Crippen LogP contribution in [0.25, 0.3) is 0 Å². The van der Waals surface area contributed by atoms with Crippen LogP contribution in [0, 0.1) is 19.8 Å². The highest BCUT2D eigenvalue weighted by Gasteiger charge is 2.27. The molecule has 30 heavy (non-hydrogen) atoms. The number of carbonyl (C=O) groups excluding carboxylic acids is 2. The molecule has 2 rings (SSSR count). The topological polar surface area (TPSA) is 106 Å². The molecule has 0 spiro atoms. The lowest BCUT2D eigenvalue weighted by Crippen LogP contribution is -2.37. The molecule has 2 amide bonds. The highest BCUT2D eigenvalue weighted by Crippen LogP contribution is 2.25. The molecule has 8 nitrogen and oxygen atoms in total. The van der Waals surface area contributed by atoms with Gasteiger partial charge >= 0.3 is 6.09 Å². The Morgan fingerprint density at radius 1 is 1.17 bits per heavy atom. The van der Waals surface area contributed by atoms with Gasteiger partial charge in [-0.1, -0.05) is 43.8 Å². The number of thioether (sulfide) groups is 1. The minimum atomic E-state index is -0.607. The Hall–Kier alpha value is -2.55. The monoisotopic (exact) mass is 434 g/mol. The van der Waals surface area contributed by atoms with Crippen molar-refractivity contribution in [2.45, 2.75) is 65.3 Å². The summed E-state index contributed by atoms with van der Waals surface area (Å²) in [5.41, 5.74) is 2.21. The Balaban J connectivity index is 1.97. The van der Waals surface area contributed by atoms with Crippen molar-refractivity contribution < 1.29 is 18.7 Å². The van der Waals surface area contributed by atoms with Crippen LogP contribution in [0.4, 0.5) is 10.5 Å². The second-order valence-electron chi connectivity index (χ2n) is 8.38. The number of ether oxygens (including phenoxy) is 1. The Bertz CT molecular complexity index is 869. The second-order valence-corrected chi connectivity index (χ2v) is 9.30. The largest absolute Gasteiger partial charge is 0.444 e. The summed E-state index contributed by atoms with van der Waals surface area (Å²) in [5.74, 6) is 0.238. The maximum atomic E-state index is 12.3. The van der Waals surface area contributed by atoms with E-state index in [1.54, 1.807) is 20.8 Å².